The monoisotopic (exact) mass is 313 g/mol. The first kappa shape index (κ1) is 15.6. The molecule has 0 spiro atoms. The van der Waals surface area contributed by atoms with Crippen LogP contribution in [0.1, 0.15) is 27.2 Å². The summed E-state index contributed by atoms with van der Waals surface area (Å²) < 4.78 is 5.44. The molecule has 0 saturated carbocycles. The molecule has 0 radical (unpaired) electrons. The average Bonchev–Trinajstić information content (AvgIpc) is 2.95. The number of carbonyl (C=O) groups excluding carboxylic acids is 1. The summed E-state index contributed by atoms with van der Waals surface area (Å²) in [5.74, 6) is 0. The summed E-state index contributed by atoms with van der Waals surface area (Å²) >= 11 is 0. The van der Waals surface area contributed by atoms with E-state index < -0.39 is 5.60 Å². The van der Waals surface area contributed by atoms with Crippen molar-refractivity contribution < 1.29 is 9.53 Å². The third-order valence-corrected chi connectivity index (χ3v) is 3.85. The molecular weight excluding hydrogens is 290 g/mol. The summed E-state index contributed by atoms with van der Waals surface area (Å²) in [6, 6.07) is 10.3. The highest BCUT2D eigenvalue weighted by Gasteiger charge is 2.29. The lowest BCUT2D eigenvalue weighted by atomic mass is 10.1. The van der Waals surface area contributed by atoms with Crippen molar-refractivity contribution in [2.45, 2.75) is 38.8 Å². The molecule has 1 aliphatic rings. The van der Waals surface area contributed by atoms with Gasteiger partial charge in [-0.25, -0.2) is 4.79 Å². The van der Waals surface area contributed by atoms with Gasteiger partial charge in [0.15, 0.2) is 0 Å². The molecule has 23 heavy (non-hydrogen) atoms. The molecule has 1 aromatic carbocycles. The van der Waals surface area contributed by atoms with Crippen LogP contribution in [0.15, 0.2) is 36.5 Å². The molecule has 3 rings (SSSR count). The van der Waals surface area contributed by atoms with Crippen LogP contribution in [-0.2, 0) is 4.74 Å². The van der Waals surface area contributed by atoms with Gasteiger partial charge in [0.1, 0.15) is 5.60 Å². The first-order valence-electron chi connectivity index (χ1n) is 8.00. The first-order valence-corrected chi connectivity index (χ1v) is 8.00. The summed E-state index contributed by atoms with van der Waals surface area (Å²) in [7, 11) is 0. The highest BCUT2D eigenvalue weighted by Crippen LogP contribution is 2.24. The van der Waals surface area contributed by atoms with Gasteiger partial charge in [-0.2, -0.15) is 0 Å². The lowest BCUT2D eigenvalue weighted by Gasteiger charge is -2.24. The Labute approximate surface area is 136 Å². The quantitative estimate of drug-likeness (QED) is 0.919. The Hall–Kier alpha value is -2.30. The molecule has 1 aromatic heterocycles. The fourth-order valence-electron chi connectivity index (χ4n) is 2.81. The zero-order chi connectivity index (χ0) is 16.4. The highest BCUT2D eigenvalue weighted by molar-refractivity contribution is 5.91. The van der Waals surface area contributed by atoms with Gasteiger partial charge in [-0.05, 0) is 39.3 Å². The van der Waals surface area contributed by atoms with Crippen molar-refractivity contribution in [3.63, 3.8) is 0 Å². The number of likely N-dealkylation sites (tertiary alicyclic amines) is 1. The molecule has 1 N–H and O–H groups in total. The van der Waals surface area contributed by atoms with Crippen LogP contribution in [0.5, 0.6) is 0 Å². The van der Waals surface area contributed by atoms with E-state index in [1.54, 1.807) is 4.90 Å². The van der Waals surface area contributed by atoms with E-state index >= 15 is 0 Å². The van der Waals surface area contributed by atoms with Crippen LogP contribution in [0.3, 0.4) is 0 Å². The van der Waals surface area contributed by atoms with Gasteiger partial charge in [0, 0.05) is 36.4 Å². The number of carbonyl (C=O) groups is 1. The number of hydrogen-bond donors (Lipinski definition) is 1. The van der Waals surface area contributed by atoms with Gasteiger partial charge in [-0.3, -0.25) is 4.98 Å². The summed E-state index contributed by atoms with van der Waals surface area (Å²) in [6.07, 6.45) is 2.49. The number of rotatable bonds is 2. The second-order valence-corrected chi connectivity index (χ2v) is 6.93. The van der Waals surface area contributed by atoms with Crippen molar-refractivity contribution in [1.29, 1.82) is 0 Å². The zero-order valence-electron chi connectivity index (χ0n) is 13.9. The number of para-hydroxylation sites is 1. The van der Waals surface area contributed by atoms with Crippen LogP contribution in [0.25, 0.3) is 10.9 Å². The number of ether oxygens (including phenoxy) is 1. The maximum atomic E-state index is 12.1. The lowest BCUT2D eigenvalue weighted by Crippen LogP contribution is -2.36. The molecule has 1 atom stereocenters. The number of anilines is 1. The van der Waals surface area contributed by atoms with E-state index in [0.717, 1.165) is 29.6 Å². The number of amides is 1. The standard InChI is InChI=1S/C18H23N3O2/c1-18(2,3)23-17(22)21-11-9-13(12-21)20-16-8-10-19-15-7-5-4-6-14(15)16/h4-8,10,13H,9,11-12H2,1-3H3,(H,19,20)/t13-/m1/s1. The Bertz CT molecular complexity index is 703. The van der Waals surface area contributed by atoms with Crippen molar-refractivity contribution in [2.75, 3.05) is 18.4 Å². The Balaban J connectivity index is 1.67. The van der Waals surface area contributed by atoms with Crippen LogP contribution in [-0.4, -0.2) is 40.7 Å². The minimum Gasteiger partial charge on any atom is -0.444 e. The number of aromatic nitrogens is 1. The van der Waals surface area contributed by atoms with E-state index in [2.05, 4.69) is 16.4 Å². The minimum atomic E-state index is -0.454. The predicted octanol–water partition coefficient (Wildman–Crippen LogP) is 3.66. The lowest BCUT2D eigenvalue weighted by molar-refractivity contribution is 0.0293. The van der Waals surface area contributed by atoms with Crippen molar-refractivity contribution in [1.82, 2.24) is 9.88 Å². The molecule has 5 heteroatoms. The topological polar surface area (TPSA) is 54.5 Å². The van der Waals surface area contributed by atoms with Gasteiger partial charge in [-0.15, -0.1) is 0 Å². The van der Waals surface area contributed by atoms with Gasteiger partial charge in [0.2, 0.25) is 0 Å². The Morgan fingerprint density at radius 3 is 2.87 bits per heavy atom. The van der Waals surface area contributed by atoms with Crippen molar-refractivity contribution in [3.05, 3.63) is 36.5 Å². The second-order valence-electron chi connectivity index (χ2n) is 6.93. The van der Waals surface area contributed by atoms with E-state index in [4.69, 9.17) is 4.74 Å². The molecule has 5 nitrogen and oxygen atoms in total. The van der Waals surface area contributed by atoms with Crippen LogP contribution in [0.4, 0.5) is 10.5 Å². The molecular formula is C18H23N3O2. The molecule has 1 saturated heterocycles. The summed E-state index contributed by atoms with van der Waals surface area (Å²) in [5.41, 5.74) is 1.58. The zero-order valence-corrected chi connectivity index (χ0v) is 13.9. The van der Waals surface area contributed by atoms with Crippen LogP contribution < -0.4 is 5.32 Å². The fraction of sp³-hybridized carbons (Fsp3) is 0.444. The summed E-state index contributed by atoms with van der Waals surface area (Å²) in [4.78, 5) is 18.3. The van der Waals surface area contributed by atoms with E-state index in [9.17, 15) is 4.79 Å². The molecule has 122 valence electrons. The third kappa shape index (κ3) is 3.73. The predicted molar refractivity (Wildman–Crippen MR) is 91.6 cm³/mol. The Morgan fingerprint density at radius 1 is 1.30 bits per heavy atom. The van der Waals surface area contributed by atoms with Crippen LogP contribution in [0.2, 0.25) is 0 Å². The smallest absolute Gasteiger partial charge is 0.410 e. The maximum absolute atomic E-state index is 12.1. The van der Waals surface area contributed by atoms with E-state index in [1.165, 1.54) is 0 Å². The molecule has 0 bridgehead atoms. The van der Waals surface area contributed by atoms with Gasteiger partial charge < -0.3 is 15.0 Å². The van der Waals surface area contributed by atoms with Gasteiger partial charge in [0.25, 0.3) is 0 Å². The van der Waals surface area contributed by atoms with Crippen molar-refractivity contribution >= 4 is 22.7 Å². The highest BCUT2D eigenvalue weighted by atomic mass is 16.6. The second kappa shape index (κ2) is 6.07. The average molecular weight is 313 g/mol. The molecule has 2 heterocycles. The van der Waals surface area contributed by atoms with Crippen molar-refractivity contribution in [2.24, 2.45) is 0 Å². The fourth-order valence-corrected chi connectivity index (χ4v) is 2.81. The van der Waals surface area contributed by atoms with Gasteiger partial charge >= 0.3 is 6.09 Å². The number of hydrogen-bond acceptors (Lipinski definition) is 4. The molecule has 1 aliphatic heterocycles. The van der Waals surface area contributed by atoms with E-state index in [1.807, 2.05) is 51.2 Å². The number of nitrogens with one attached hydrogen (secondary N) is 1. The normalized spacial score (nSPS) is 18.2. The largest absolute Gasteiger partial charge is 0.444 e. The Kier molecular flexibility index (Phi) is 4.11. The van der Waals surface area contributed by atoms with Crippen LogP contribution in [0, 0.1) is 0 Å². The summed E-state index contributed by atoms with van der Waals surface area (Å²) in [5, 5.41) is 4.64. The van der Waals surface area contributed by atoms with E-state index in [0.29, 0.717) is 6.54 Å². The number of pyridine rings is 1. The van der Waals surface area contributed by atoms with Gasteiger partial charge in [0.05, 0.1) is 5.52 Å². The maximum Gasteiger partial charge on any atom is 0.410 e. The number of nitrogens with zero attached hydrogens (tertiary/aromatic N) is 2. The molecule has 0 unspecified atom stereocenters. The molecule has 0 aliphatic carbocycles. The van der Waals surface area contributed by atoms with Crippen LogP contribution >= 0.6 is 0 Å². The van der Waals surface area contributed by atoms with Gasteiger partial charge in [-0.1, -0.05) is 18.2 Å². The third-order valence-electron chi connectivity index (χ3n) is 3.85. The minimum absolute atomic E-state index is 0.230. The number of fused-ring (bicyclic) bond motifs is 1. The molecule has 1 amide bonds. The first-order chi connectivity index (χ1) is 10.9. The molecule has 1 fully saturated rings. The van der Waals surface area contributed by atoms with Crippen molar-refractivity contribution in [3.8, 4) is 0 Å². The Morgan fingerprint density at radius 2 is 2.09 bits per heavy atom. The van der Waals surface area contributed by atoms with E-state index in [-0.39, 0.29) is 12.1 Å². The number of benzene rings is 1. The summed E-state index contributed by atoms with van der Waals surface area (Å²) in [6.45, 7) is 7.04. The molecule has 2 aromatic rings. The SMILES string of the molecule is CC(C)(C)OC(=O)N1CC[C@@H](Nc2ccnc3ccccc23)C1.